The van der Waals surface area contributed by atoms with E-state index in [1.165, 1.54) is 0 Å². The van der Waals surface area contributed by atoms with Crippen LogP contribution in [-0.2, 0) is 11.2 Å². The predicted molar refractivity (Wildman–Crippen MR) is 88.3 cm³/mol. The number of rotatable bonds is 7. The lowest BCUT2D eigenvalue weighted by molar-refractivity contribution is -0.122. The van der Waals surface area contributed by atoms with Gasteiger partial charge in [-0.2, -0.15) is 0 Å². The Hall–Kier alpha value is -1.75. The third kappa shape index (κ3) is 5.93. The van der Waals surface area contributed by atoms with Crippen molar-refractivity contribution in [2.24, 2.45) is 11.1 Å². The fourth-order valence-electron chi connectivity index (χ4n) is 2.25. The van der Waals surface area contributed by atoms with Crippen molar-refractivity contribution in [1.82, 2.24) is 5.32 Å². The average molecular weight is 308 g/mol. The van der Waals surface area contributed by atoms with E-state index in [1.807, 2.05) is 18.2 Å². The number of benzene rings is 1. The van der Waals surface area contributed by atoms with E-state index in [0.717, 1.165) is 5.56 Å². The quantitative estimate of drug-likeness (QED) is 0.809. The molecule has 1 amide bonds. The van der Waals surface area contributed by atoms with Gasteiger partial charge in [0.15, 0.2) is 11.5 Å². The van der Waals surface area contributed by atoms with Crippen LogP contribution >= 0.6 is 0 Å². The zero-order chi connectivity index (χ0) is 16.8. The summed E-state index contributed by atoms with van der Waals surface area (Å²) in [5, 5.41) is 2.88. The molecule has 0 bridgehead atoms. The number of nitrogens with one attached hydrogen (secondary N) is 1. The fourth-order valence-corrected chi connectivity index (χ4v) is 2.25. The zero-order valence-corrected chi connectivity index (χ0v) is 14.2. The van der Waals surface area contributed by atoms with Gasteiger partial charge in [0.05, 0.1) is 20.3 Å². The predicted octanol–water partition coefficient (Wildman–Crippen LogP) is 2.13. The van der Waals surface area contributed by atoms with Crippen LogP contribution in [0.15, 0.2) is 18.2 Å². The highest BCUT2D eigenvalue weighted by molar-refractivity contribution is 5.81. The molecule has 0 aliphatic carbocycles. The number of methoxy groups -OCH3 is 2. The normalized spacial score (nSPS) is 12.6. The van der Waals surface area contributed by atoms with Crippen LogP contribution in [0.5, 0.6) is 11.5 Å². The Morgan fingerprint density at radius 1 is 1.23 bits per heavy atom. The molecule has 1 aromatic rings. The van der Waals surface area contributed by atoms with Gasteiger partial charge in [-0.25, -0.2) is 0 Å². The van der Waals surface area contributed by atoms with Crippen molar-refractivity contribution in [3.05, 3.63) is 23.8 Å². The summed E-state index contributed by atoms with van der Waals surface area (Å²) < 4.78 is 10.5. The summed E-state index contributed by atoms with van der Waals surface area (Å²) in [6, 6.07) is 5.27. The lowest BCUT2D eigenvalue weighted by atomic mass is 9.88. The molecule has 1 rings (SSSR count). The highest BCUT2D eigenvalue weighted by Crippen LogP contribution is 2.27. The van der Waals surface area contributed by atoms with Crippen molar-refractivity contribution >= 4 is 5.91 Å². The molecule has 0 aliphatic rings. The van der Waals surface area contributed by atoms with Gasteiger partial charge >= 0.3 is 0 Å². The number of carbonyl (C=O) groups is 1. The largest absolute Gasteiger partial charge is 0.493 e. The molecule has 0 heterocycles. The number of hydrogen-bond acceptors (Lipinski definition) is 4. The van der Waals surface area contributed by atoms with Gasteiger partial charge in [0, 0.05) is 6.54 Å². The van der Waals surface area contributed by atoms with E-state index in [4.69, 9.17) is 15.2 Å². The number of hydrogen-bond donors (Lipinski definition) is 2. The van der Waals surface area contributed by atoms with Crippen molar-refractivity contribution in [3.63, 3.8) is 0 Å². The number of amides is 1. The first-order valence-electron chi connectivity index (χ1n) is 7.51. The molecule has 0 unspecified atom stereocenters. The van der Waals surface area contributed by atoms with Crippen molar-refractivity contribution in [1.29, 1.82) is 0 Å². The van der Waals surface area contributed by atoms with E-state index >= 15 is 0 Å². The first kappa shape index (κ1) is 18.3. The van der Waals surface area contributed by atoms with Crippen molar-refractivity contribution in [2.75, 3.05) is 20.8 Å². The summed E-state index contributed by atoms with van der Waals surface area (Å²) in [5.41, 5.74) is 7.03. The first-order chi connectivity index (χ1) is 10.3. The van der Waals surface area contributed by atoms with Gasteiger partial charge in [0.1, 0.15) is 0 Å². The Kier molecular flexibility index (Phi) is 6.68. The van der Waals surface area contributed by atoms with Gasteiger partial charge < -0.3 is 20.5 Å². The SMILES string of the molecule is COc1ccc(CCNC(=O)[C@H](N)CC(C)(C)C)cc1OC. The maximum Gasteiger partial charge on any atom is 0.236 e. The summed E-state index contributed by atoms with van der Waals surface area (Å²) in [7, 11) is 3.21. The Morgan fingerprint density at radius 3 is 2.41 bits per heavy atom. The highest BCUT2D eigenvalue weighted by Gasteiger charge is 2.20. The molecule has 1 atom stereocenters. The summed E-state index contributed by atoms with van der Waals surface area (Å²) in [6.45, 7) is 6.77. The molecule has 5 nitrogen and oxygen atoms in total. The standard InChI is InChI=1S/C17H28N2O3/c1-17(2,3)11-13(18)16(20)19-9-8-12-6-7-14(21-4)15(10-12)22-5/h6-7,10,13H,8-9,11,18H2,1-5H3,(H,19,20)/t13-/m1/s1. The van der Waals surface area contributed by atoms with Crippen LogP contribution in [0, 0.1) is 5.41 Å². The highest BCUT2D eigenvalue weighted by atomic mass is 16.5. The van der Waals surface area contributed by atoms with Crippen LogP contribution in [-0.4, -0.2) is 32.7 Å². The molecule has 124 valence electrons. The van der Waals surface area contributed by atoms with Gasteiger partial charge in [-0.3, -0.25) is 4.79 Å². The summed E-state index contributed by atoms with van der Waals surface area (Å²) in [5.74, 6) is 1.29. The van der Waals surface area contributed by atoms with E-state index in [-0.39, 0.29) is 11.3 Å². The molecular weight excluding hydrogens is 280 g/mol. The van der Waals surface area contributed by atoms with E-state index in [1.54, 1.807) is 14.2 Å². The number of nitrogens with two attached hydrogens (primary N) is 1. The maximum absolute atomic E-state index is 12.0. The van der Waals surface area contributed by atoms with Crippen LogP contribution in [0.25, 0.3) is 0 Å². The van der Waals surface area contributed by atoms with Crippen LogP contribution in [0.2, 0.25) is 0 Å². The van der Waals surface area contributed by atoms with Gasteiger partial charge in [0.2, 0.25) is 5.91 Å². The minimum atomic E-state index is -0.467. The van der Waals surface area contributed by atoms with E-state index in [9.17, 15) is 4.79 Å². The second-order valence-corrected chi connectivity index (χ2v) is 6.60. The van der Waals surface area contributed by atoms with Crippen LogP contribution < -0.4 is 20.5 Å². The minimum absolute atomic E-state index is 0.0418. The van der Waals surface area contributed by atoms with E-state index < -0.39 is 6.04 Å². The molecule has 1 aromatic carbocycles. The van der Waals surface area contributed by atoms with Crippen LogP contribution in [0.4, 0.5) is 0 Å². The molecule has 0 aliphatic heterocycles. The molecule has 0 saturated heterocycles. The number of carbonyl (C=O) groups excluding carboxylic acids is 1. The second-order valence-electron chi connectivity index (χ2n) is 6.60. The molecule has 0 spiro atoms. The van der Waals surface area contributed by atoms with Gasteiger partial charge in [0.25, 0.3) is 0 Å². The molecule has 5 heteroatoms. The summed E-state index contributed by atoms with van der Waals surface area (Å²) >= 11 is 0. The molecule has 0 aromatic heterocycles. The first-order valence-corrected chi connectivity index (χ1v) is 7.51. The Morgan fingerprint density at radius 2 is 1.86 bits per heavy atom. The summed E-state index contributed by atoms with van der Waals surface area (Å²) in [6.07, 6.45) is 1.38. The van der Waals surface area contributed by atoms with Crippen molar-refractivity contribution in [3.8, 4) is 11.5 Å². The van der Waals surface area contributed by atoms with Gasteiger partial charge in [-0.1, -0.05) is 26.8 Å². The Labute approximate surface area is 133 Å². The fraction of sp³-hybridized carbons (Fsp3) is 0.588. The smallest absolute Gasteiger partial charge is 0.236 e. The summed E-state index contributed by atoms with van der Waals surface area (Å²) in [4.78, 5) is 12.0. The monoisotopic (exact) mass is 308 g/mol. The van der Waals surface area contributed by atoms with E-state index in [0.29, 0.717) is 30.9 Å². The lowest BCUT2D eigenvalue weighted by Crippen LogP contribution is -2.43. The van der Waals surface area contributed by atoms with Gasteiger partial charge in [-0.05, 0) is 36.0 Å². The van der Waals surface area contributed by atoms with Crippen molar-refractivity contribution < 1.29 is 14.3 Å². The Bertz CT molecular complexity index is 495. The number of ether oxygens (including phenoxy) is 2. The zero-order valence-electron chi connectivity index (χ0n) is 14.2. The molecule has 3 N–H and O–H groups in total. The molecule has 0 radical (unpaired) electrons. The molecule has 0 fully saturated rings. The molecule has 0 saturated carbocycles. The van der Waals surface area contributed by atoms with Crippen LogP contribution in [0.1, 0.15) is 32.8 Å². The second kappa shape index (κ2) is 8.03. The Balaban J connectivity index is 2.49. The third-order valence-electron chi connectivity index (χ3n) is 3.33. The van der Waals surface area contributed by atoms with Crippen molar-refractivity contribution in [2.45, 2.75) is 39.7 Å². The topological polar surface area (TPSA) is 73.6 Å². The van der Waals surface area contributed by atoms with E-state index in [2.05, 4.69) is 26.1 Å². The molecule has 22 heavy (non-hydrogen) atoms. The third-order valence-corrected chi connectivity index (χ3v) is 3.33. The molecular formula is C17H28N2O3. The minimum Gasteiger partial charge on any atom is -0.493 e. The van der Waals surface area contributed by atoms with Crippen LogP contribution in [0.3, 0.4) is 0 Å². The average Bonchev–Trinajstić information content (AvgIpc) is 2.45. The van der Waals surface area contributed by atoms with Gasteiger partial charge in [-0.15, -0.1) is 0 Å². The lowest BCUT2D eigenvalue weighted by Gasteiger charge is -2.22. The maximum atomic E-state index is 12.0.